The summed E-state index contributed by atoms with van der Waals surface area (Å²) in [5.41, 5.74) is 7.33. The van der Waals surface area contributed by atoms with Crippen LogP contribution in [0.25, 0.3) is 77.2 Å². The number of nitrogens with zero attached hydrogens (tertiary/aromatic N) is 3. The average Bonchev–Trinajstić information content (AvgIpc) is 3.67. The van der Waals surface area contributed by atoms with E-state index in [1.54, 1.807) is 30.3 Å². The molecule has 0 saturated heterocycles. The average molecular weight is 778 g/mol. The third-order valence-corrected chi connectivity index (χ3v) is 11.0. The van der Waals surface area contributed by atoms with Crippen LogP contribution in [0.2, 0.25) is 0 Å². The van der Waals surface area contributed by atoms with Crippen molar-refractivity contribution in [2.75, 3.05) is 0 Å². The molecule has 9 heteroatoms. The van der Waals surface area contributed by atoms with E-state index in [2.05, 4.69) is 39.5 Å². The van der Waals surface area contributed by atoms with Crippen molar-refractivity contribution in [3.63, 3.8) is 0 Å². The summed E-state index contributed by atoms with van der Waals surface area (Å²) in [7, 11) is 0. The summed E-state index contributed by atoms with van der Waals surface area (Å²) in [5, 5.41) is 14.2. The lowest BCUT2D eigenvalue weighted by Gasteiger charge is -2.21. The van der Waals surface area contributed by atoms with Crippen molar-refractivity contribution < 1.29 is 26.3 Å². The predicted molar refractivity (Wildman–Crippen MR) is 220 cm³/mol. The Labute approximate surface area is 329 Å². The van der Waals surface area contributed by atoms with Gasteiger partial charge in [0, 0.05) is 32.7 Å². The van der Waals surface area contributed by atoms with Gasteiger partial charge in [0.1, 0.15) is 0 Å². The van der Waals surface area contributed by atoms with Gasteiger partial charge in [0.05, 0.1) is 56.2 Å². The topological polar surface area (TPSA) is 33.6 Å². The van der Waals surface area contributed by atoms with Crippen LogP contribution in [0, 0.1) is 39.0 Å². The molecular formula is C49H33F6N3. The van der Waals surface area contributed by atoms with Crippen LogP contribution < -0.4 is 0 Å². The van der Waals surface area contributed by atoms with Gasteiger partial charge in [-0.3, -0.25) is 0 Å². The second-order valence-electron chi connectivity index (χ2n) is 15.1. The molecule has 2 heterocycles. The lowest BCUT2D eigenvalue weighted by molar-refractivity contribution is -0.142. The number of rotatable bonds is 4. The van der Waals surface area contributed by atoms with E-state index in [1.165, 1.54) is 6.07 Å². The maximum atomic E-state index is 14.7. The first-order chi connectivity index (χ1) is 27.6. The lowest BCUT2D eigenvalue weighted by Crippen LogP contribution is -2.12. The number of hydrogen-bond donors (Lipinski definition) is 0. The third kappa shape index (κ3) is 5.99. The Morgan fingerprint density at radius 3 is 1.34 bits per heavy atom. The van der Waals surface area contributed by atoms with Crippen molar-refractivity contribution in [3.8, 4) is 39.7 Å². The molecule has 0 aliphatic heterocycles. The molecule has 2 aromatic heterocycles. The molecule has 286 valence electrons. The Morgan fingerprint density at radius 2 is 0.897 bits per heavy atom. The van der Waals surface area contributed by atoms with Gasteiger partial charge in [-0.05, 0) is 124 Å². The zero-order chi connectivity index (χ0) is 40.8. The van der Waals surface area contributed by atoms with Crippen molar-refractivity contribution >= 4 is 43.6 Å². The molecule has 0 atom stereocenters. The van der Waals surface area contributed by atoms with Gasteiger partial charge in [0.2, 0.25) is 0 Å². The first-order valence-electron chi connectivity index (χ1n) is 18.6. The van der Waals surface area contributed by atoms with Crippen molar-refractivity contribution in [2.24, 2.45) is 0 Å². The van der Waals surface area contributed by atoms with E-state index in [-0.39, 0.29) is 17.2 Å². The zero-order valence-electron chi connectivity index (χ0n) is 31.7. The van der Waals surface area contributed by atoms with Gasteiger partial charge in [0.15, 0.2) is 0 Å². The smallest absolute Gasteiger partial charge is 0.309 e. The molecule has 0 aliphatic carbocycles. The standard InChI is InChI=1S/C49H33F6N3/c1-27-5-14-42-36(19-27)37-20-28(2)6-15-43(37)57(42)46-18-10-32(34-13-11-33(48(50,51)52)25-41(34)49(53,54)55)24-40(46)35-12-9-31(26-56)23-47(35)58-44-16-7-29(3)21-38(44)39-22-30(4)8-17-45(39)58/h5-25H,1-4H3. The van der Waals surface area contributed by atoms with Gasteiger partial charge in [-0.15, -0.1) is 0 Å². The number of aryl methyl sites for hydroxylation is 4. The minimum atomic E-state index is -5.09. The summed E-state index contributed by atoms with van der Waals surface area (Å²) >= 11 is 0. The minimum absolute atomic E-state index is 0.0797. The minimum Gasteiger partial charge on any atom is -0.309 e. The number of aromatic nitrogens is 2. The summed E-state index contributed by atoms with van der Waals surface area (Å²) < 4.78 is 89.7. The number of benzene rings is 7. The maximum Gasteiger partial charge on any atom is 0.417 e. The summed E-state index contributed by atoms with van der Waals surface area (Å²) in [4.78, 5) is 0. The molecular weight excluding hydrogens is 745 g/mol. The van der Waals surface area contributed by atoms with Crippen molar-refractivity contribution in [2.45, 2.75) is 40.0 Å². The van der Waals surface area contributed by atoms with Crippen LogP contribution in [-0.2, 0) is 12.4 Å². The second-order valence-corrected chi connectivity index (χ2v) is 15.1. The fourth-order valence-electron chi connectivity index (χ4n) is 8.36. The number of alkyl halides is 6. The highest BCUT2D eigenvalue weighted by molar-refractivity contribution is 6.12. The molecule has 0 aliphatic rings. The van der Waals surface area contributed by atoms with E-state index in [4.69, 9.17) is 0 Å². The fourth-order valence-corrected chi connectivity index (χ4v) is 8.36. The van der Waals surface area contributed by atoms with E-state index in [9.17, 15) is 31.6 Å². The SMILES string of the molecule is Cc1ccc2c(c1)c1cc(C)ccc1n2-c1ccc(-c2ccc(C(F)(F)F)cc2C(F)(F)F)cc1-c1ccc(C#N)cc1-n1c2ccc(C)cc2c2cc(C)ccc21. The monoisotopic (exact) mass is 777 g/mol. The molecule has 3 nitrogen and oxygen atoms in total. The number of fused-ring (bicyclic) bond motifs is 6. The Balaban J connectivity index is 1.43. The van der Waals surface area contributed by atoms with Crippen LogP contribution in [0.3, 0.4) is 0 Å². The third-order valence-electron chi connectivity index (χ3n) is 11.0. The largest absolute Gasteiger partial charge is 0.417 e. The van der Waals surface area contributed by atoms with Crippen molar-refractivity contribution in [3.05, 3.63) is 166 Å². The molecule has 9 aromatic rings. The maximum absolute atomic E-state index is 14.7. The van der Waals surface area contributed by atoms with E-state index in [0.29, 0.717) is 34.1 Å². The predicted octanol–water partition coefficient (Wildman–Crippen LogP) is 14.4. The second kappa shape index (κ2) is 13.1. The first kappa shape index (κ1) is 36.8. The molecule has 0 N–H and O–H groups in total. The van der Waals surface area contributed by atoms with Crippen LogP contribution in [0.5, 0.6) is 0 Å². The van der Waals surface area contributed by atoms with Crippen LogP contribution in [0.1, 0.15) is 38.9 Å². The summed E-state index contributed by atoms with van der Waals surface area (Å²) in [6, 6.07) is 38.7. The Morgan fingerprint density at radius 1 is 0.431 bits per heavy atom. The molecule has 0 fully saturated rings. The Kier molecular flexibility index (Phi) is 8.34. The molecule has 58 heavy (non-hydrogen) atoms. The van der Waals surface area contributed by atoms with Gasteiger partial charge < -0.3 is 9.13 Å². The molecule has 0 amide bonds. The zero-order valence-corrected chi connectivity index (χ0v) is 31.7. The normalized spacial score (nSPS) is 12.3. The van der Waals surface area contributed by atoms with Crippen LogP contribution >= 0.6 is 0 Å². The van der Waals surface area contributed by atoms with Crippen LogP contribution in [0.15, 0.2) is 127 Å². The van der Waals surface area contributed by atoms with E-state index >= 15 is 0 Å². The molecule has 0 spiro atoms. The quantitative estimate of drug-likeness (QED) is 0.164. The summed E-state index contributed by atoms with van der Waals surface area (Å²) in [5.74, 6) is 0. The molecule has 0 bridgehead atoms. The van der Waals surface area contributed by atoms with Gasteiger partial charge in [0.25, 0.3) is 0 Å². The van der Waals surface area contributed by atoms with Gasteiger partial charge in [-0.2, -0.15) is 31.6 Å². The molecule has 0 saturated carbocycles. The number of hydrogen-bond acceptors (Lipinski definition) is 1. The first-order valence-corrected chi connectivity index (χ1v) is 18.6. The van der Waals surface area contributed by atoms with Crippen LogP contribution in [-0.4, -0.2) is 9.13 Å². The molecule has 9 rings (SSSR count). The highest BCUT2D eigenvalue weighted by Crippen LogP contribution is 2.46. The van der Waals surface area contributed by atoms with Gasteiger partial charge in [-0.25, -0.2) is 0 Å². The van der Waals surface area contributed by atoms with E-state index in [0.717, 1.165) is 71.9 Å². The summed E-state index contributed by atoms with van der Waals surface area (Å²) in [6.45, 7) is 8.06. The van der Waals surface area contributed by atoms with Crippen molar-refractivity contribution in [1.82, 2.24) is 9.13 Å². The van der Waals surface area contributed by atoms with Crippen molar-refractivity contribution in [1.29, 1.82) is 5.26 Å². The fraction of sp³-hybridized carbons (Fsp3) is 0.122. The van der Waals surface area contributed by atoms with E-state index < -0.39 is 23.5 Å². The van der Waals surface area contributed by atoms with Crippen LogP contribution in [0.4, 0.5) is 26.3 Å². The molecule has 0 unspecified atom stereocenters. The lowest BCUT2D eigenvalue weighted by atomic mass is 9.92. The van der Waals surface area contributed by atoms with Gasteiger partial charge in [-0.1, -0.05) is 64.7 Å². The number of halogens is 6. The van der Waals surface area contributed by atoms with Gasteiger partial charge >= 0.3 is 12.4 Å². The number of nitriles is 1. The Hall–Kier alpha value is -6.79. The summed E-state index contributed by atoms with van der Waals surface area (Å²) in [6.07, 6.45) is -10.1. The molecule has 7 aromatic carbocycles. The molecule has 0 radical (unpaired) electrons. The highest BCUT2D eigenvalue weighted by atomic mass is 19.4. The van der Waals surface area contributed by atoms with E-state index in [1.807, 2.05) is 76.2 Å². The Bertz CT molecular complexity index is 3090. The highest BCUT2D eigenvalue weighted by Gasteiger charge is 2.38.